The second-order valence-electron chi connectivity index (χ2n) is 5.26. The second-order valence-corrected chi connectivity index (χ2v) is 5.64. The number of nitrogens with one attached hydrogen (secondary N) is 1. The number of ether oxygens (including phenoxy) is 1. The van der Waals surface area contributed by atoms with Gasteiger partial charge in [0.2, 0.25) is 0 Å². The number of hydrogen-bond acceptors (Lipinski definition) is 2. The lowest BCUT2D eigenvalue weighted by Gasteiger charge is -2.13. The van der Waals surface area contributed by atoms with Crippen LogP contribution in [-0.2, 0) is 13.2 Å². The first-order chi connectivity index (χ1) is 10.2. The van der Waals surface area contributed by atoms with Crippen molar-refractivity contribution in [1.82, 2.24) is 5.32 Å². The Morgan fingerprint density at radius 2 is 1.86 bits per heavy atom. The van der Waals surface area contributed by atoms with E-state index >= 15 is 0 Å². The molecule has 2 aromatic rings. The summed E-state index contributed by atoms with van der Waals surface area (Å²) in [5, 5.41) is 3.60. The zero-order valence-corrected chi connectivity index (χ0v) is 12.4. The van der Waals surface area contributed by atoms with Crippen molar-refractivity contribution < 1.29 is 9.13 Å². The SMILES string of the molecule is Fc1cccc(COc2ccccc2CNC2CC2)c1Cl. The van der Waals surface area contributed by atoms with Crippen LogP contribution in [0.4, 0.5) is 4.39 Å². The lowest BCUT2D eigenvalue weighted by Crippen LogP contribution is -2.16. The first kappa shape index (κ1) is 14.4. The molecule has 0 aromatic heterocycles. The molecule has 1 fully saturated rings. The third kappa shape index (κ3) is 3.74. The summed E-state index contributed by atoms with van der Waals surface area (Å²) in [7, 11) is 0. The van der Waals surface area contributed by atoms with Crippen LogP contribution in [0.15, 0.2) is 42.5 Å². The van der Waals surface area contributed by atoms with E-state index in [9.17, 15) is 4.39 Å². The smallest absolute Gasteiger partial charge is 0.142 e. The summed E-state index contributed by atoms with van der Waals surface area (Å²) < 4.78 is 19.2. The van der Waals surface area contributed by atoms with Gasteiger partial charge in [-0.3, -0.25) is 0 Å². The van der Waals surface area contributed by atoms with E-state index < -0.39 is 5.82 Å². The number of para-hydroxylation sites is 1. The molecular formula is C17H17ClFNO. The van der Waals surface area contributed by atoms with Gasteiger partial charge in [0.15, 0.2) is 0 Å². The van der Waals surface area contributed by atoms with Crippen molar-refractivity contribution in [2.45, 2.75) is 32.0 Å². The van der Waals surface area contributed by atoms with Gasteiger partial charge in [0.25, 0.3) is 0 Å². The highest BCUT2D eigenvalue weighted by Crippen LogP contribution is 2.25. The largest absolute Gasteiger partial charge is 0.489 e. The average molecular weight is 306 g/mol. The highest BCUT2D eigenvalue weighted by molar-refractivity contribution is 6.31. The van der Waals surface area contributed by atoms with Crippen LogP contribution in [0, 0.1) is 5.82 Å². The van der Waals surface area contributed by atoms with Gasteiger partial charge in [0.05, 0.1) is 5.02 Å². The van der Waals surface area contributed by atoms with Crippen LogP contribution in [0.25, 0.3) is 0 Å². The van der Waals surface area contributed by atoms with E-state index in [1.807, 2.05) is 24.3 Å². The molecule has 0 heterocycles. The number of hydrogen-bond donors (Lipinski definition) is 1. The molecule has 2 nitrogen and oxygen atoms in total. The van der Waals surface area contributed by atoms with Crippen molar-refractivity contribution in [3.05, 3.63) is 64.4 Å². The third-order valence-electron chi connectivity index (χ3n) is 3.55. The second kappa shape index (κ2) is 6.46. The van der Waals surface area contributed by atoms with E-state index in [-0.39, 0.29) is 11.6 Å². The predicted molar refractivity (Wildman–Crippen MR) is 82.0 cm³/mol. The maximum Gasteiger partial charge on any atom is 0.142 e. The summed E-state index contributed by atoms with van der Waals surface area (Å²) in [4.78, 5) is 0. The Bertz CT molecular complexity index is 628. The van der Waals surface area contributed by atoms with E-state index in [1.54, 1.807) is 12.1 Å². The molecule has 0 atom stereocenters. The molecule has 1 aliphatic carbocycles. The fraction of sp³-hybridized carbons (Fsp3) is 0.294. The van der Waals surface area contributed by atoms with E-state index in [1.165, 1.54) is 18.9 Å². The van der Waals surface area contributed by atoms with Crippen molar-refractivity contribution >= 4 is 11.6 Å². The summed E-state index contributed by atoms with van der Waals surface area (Å²) in [6.07, 6.45) is 2.50. The minimum Gasteiger partial charge on any atom is -0.489 e. The van der Waals surface area contributed by atoms with Gasteiger partial charge in [-0.1, -0.05) is 41.9 Å². The molecule has 1 aliphatic rings. The van der Waals surface area contributed by atoms with Gasteiger partial charge >= 0.3 is 0 Å². The molecule has 0 aliphatic heterocycles. The standard InChI is InChI=1S/C17H17ClFNO/c18-17-13(5-3-6-15(17)19)11-21-16-7-2-1-4-12(16)10-20-14-8-9-14/h1-7,14,20H,8-11H2. The Morgan fingerprint density at radius 3 is 2.67 bits per heavy atom. The molecule has 0 bridgehead atoms. The van der Waals surface area contributed by atoms with E-state index in [4.69, 9.17) is 16.3 Å². The van der Waals surface area contributed by atoms with Crippen LogP contribution in [0.1, 0.15) is 24.0 Å². The van der Waals surface area contributed by atoms with Gasteiger partial charge in [-0.05, 0) is 25.0 Å². The molecule has 0 amide bonds. The van der Waals surface area contributed by atoms with E-state index in [0.717, 1.165) is 17.9 Å². The fourth-order valence-corrected chi connectivity index (χ4v) is 2.33. The molecule has 21 heavy (non-hydrogen) atoms. The summed E-state index contributed by atoms with van der Waals surface area (Å²) in [6.45, 7) is 1.05. The minimum absolute atomic E-state index is 0.131. The molecule has 0 unspecified atom stereocenters. The molecule has 0 saturated heterocycles. The Kier molecular flexibility index (Phi) is 4.42. The number of benzene rings is 2. The maximum atomic E-state index is 13.4. The maximum absolute atomic E-state index is 13.4. The molecule has 1 saturated carbocycles. The quantitative estimate of drug-likeness (QED) is 0.858. The van der Waals surface area contributed by atoms with Crippen molar-refractivity contribution in [1.29, 1.82) is 0 Å². The fourth-order valence-electron chi connectivity index (χ4n) is 2.15. The summed E-state index contributed by atoms with van der Waals surface area (Å²) in [5.74, 6) is 0.396. The Hall–Kier alpha value is -1.58. The van der Waals surface area contributed by atoms with Gasteiger partial charge in [0.1, 0.15) is 18.2 Å². The lowest BCUT2D eigenvalue weighted by atomic mass is 10.2. The van der Waals surface area contributed by atoms with Gasteiger partial charge in [-0.15, -0.1) is 0 Å². The van der Waals surface area contributed by atoms with Gasteiger partial charge in [-0.25, -0.2) is 4.39 Å². The summed E-state index contributed by atoms with van der Waals surface area (Å²) in [6, 6.07) is 13.3. The van der Waals surface area contributed by atoms with E-state index in [0.29, 0.717) is 11.6 Å². The summed E-state index contributed by atoms with van der Waals surface area (Å²) in [5.41, 5.74) is 1.76. The van der Waals surface area contributed by atoms with Crippen LogP contribution in [-0.4, -0.2) is 6.04 Å². The predicted octanol–water partition coefficient (Wildman–Crippen LogP) is 4.31. The monoisotopic (exact) mass is 305 g/mol. The van der Waals surface area contributed by atoms with Crippen molar-refractivity contribution in [3.63, 3.8) is 0 Å². The van der Waals surface area contributed by atoms with E-state index in [2.05, 4.69) is 5.32 Å². The molecule has 2 aromatic carbocycles. The highest BCUT2D eigenvalue weighted by Gasteiger charge is 2.20. The number of rotatable bonds is 6. The highest BCUT2D eigenvalue weighted by atomic mass is 35.5. The van der Waals surface area contributed by atoms with Crippen molar-refractivity contribution in [3.8, 4) is 5.75 Å². The van der Waals surface area contributed by atoms with Gasteiger partial charge in [0, 0.05) is 23.7 Å². The molecule has 4 heteroatoms. The molecule has 110 valence electrons. The van der Waals surface area contributed by atoms with Crippen LogP contribution in [0.2, 0.25) is 5.02 Å². The first-order valence-corrected chi connectivity index (χ1v) is 7.49. The lowest BCUT2D eigenvalue weighted by molar-refractivity contribution is 0.301. The normalized spacial score (nSPS) is 14.2. The topological polar surface area (TPSA) is 21.3 Å². The third-order valence-corrected chi connectivity index (χ3v) is 3.97. The molecular weight excluding hydrogens is 289 g/mol. The first-order valence-electron chi connectivity index (χ1n) is 7.11. The molecule has 1 N–H and O–H groups in total. The van der Waals surface area contributed by atoms with Crippen LogP contribution >= 0.6 is 11.6 Å². The van der Waals surface area contributed by atoms with Gasteiger partial charge in [-0.2, -0.15) is 0 Å². The van der Waals surface area contributed by atoms with Crippen molar-refractivity contribution in [2.75, 3.05) is 0 Å². The Morgan fingerprint density at radius 1 is 1.10 bits per heavy atom. The number of halogens is 2. The summed E-state index contributed by atoms with van der Waals surface area (Å²) >= 11 is 5.94. The molecule has 0 spiro atoms. The minimum atomic E-state index is -0.415. The molecule has 0 radical (unpaired) electrons. The average Bonchev–Trinajstić information content (AvgIpc) is 3.32. The zero-order valence-electron chi connectivity index (χ0n) is 11.6. The van der Waals surface area contributed by atoms with Crippen LogP contribution < -0.4 is 10.1 Å². The Balaban J connectivity index is 1.67. The van der Waals surface area contributed by atoms with Crippen molar-refractivity contribution in [2.24, 2.45) is 0 Å². The zero-order chi connectivity index (χ0) is 14.7. The van der Waals surface area contributed by atoms with Gasteiger partial charge < -0.3 is 10.1 Å². The Labute approximate surface area is 128 Å². The molecule has 3 rings (SSSR count). The van der Waals surface area contributed by atoms with Crippen LogP contribution in [0.3, 0.4) is 0 Å². The van der Waals surface area contributed by atoms with Crippen LogP contribution in [0.5, 0.6) is 5.75 Å².